The van der Waals surface area contributed by atoms with E-state index in [0.29, 0.717) is 10.7 Å². The Morgan fingerprint density at radius 1 is 1.37 bits per heavy atom. The van der Waals surface area contributed by atoms with E-state index in [-0.39, 0.29) is 0 Å². The SMILES string of the molecule is CC1CN(Cc2nn(C)c3ccccc23)CCC1Br. The molecule has 19 heavy (non-hydrogen) atoms. The Morgan fingerprint density at radius 2 is 2.16 bits per heavy atom. The number of nitrogens with zero attached hydrogens (tertiary/aromatic N) is 3. The molecule has 2 heterocycles. The second kappa shape index (κ2) is 5.25. The van der Waals surface area contributed by atoms with Gasteiger partial charge in [0.2, 0.25) is 0 Å². The predicted octanol–water partition coefficient (Wildman–Crippen LogP) is 3.18. The van der Waals surface area contributed by atoms with Crippen molar-refractivity contribution in [1.29, 1.82) is 0 Å². The Hall–Kier alpha value is -0.870. The second-order valence-electron chi connectivity index (χ2n) is 5.60. The molecule has 0 radical (unpaired) electrons. The average Bonchev–Trinajstić information content (AvgIpc) is 2.72. The minimum atomic E-state index is 0.671. The lowest BCUT2D eigenvalue weighted by molar-refractivity contribution is 0.182. The molecule has 0 amide bonds. The fourth-order valence-corrected chi connectivity index (χ4v) is 3.34. The van der Waals surface area contributed by atoms with Crippen LogP contribution in [0.2, 0.25) is 0 Å². The van der Waals surface area contributed by atoms with Crippen LogP contribution in [0.15, 0.2) is 24.3 Å². The fraction of sp³-hybridized carbons (Fsp3) is 0.533. The third-order valence-corrected chi connectivity index (χ3v) is 5.45. The number of piperidine rings is 1. The molecule has 0 N–H and O–H groups in total. The van der Waals surface area contributed by atoms with Crippen LogP contribution in [0.3, 0.4) is 0 Å². The van der Waals surface area contributed by atoms with Gasteiger partial charge in [0.25, 0.3) is 0 Å². The minimum Gasteiger partial charge on any atom is -0.297 e. The van der Waals surface area contributed by atoms with E-state index in [1.54, 1.807) is 0 Å². The topological polar surface area (TPSA) is 21.1 Å². The molecule has 2 atom stereocenters. The van der Waals surface area contributed by atoms with Crippen molar-refractivity contribution in [3.8, 4) is 0 Å². The molecule has 3 nitrogen and oxygen atoms in total. The molecule has 1 aromatic carbocycles. The number of fused-ring (bicyclic) bond motifs is 1. The largest absolute Gasteiger partial charge is 0.297 e. The summed E-state index contributed by atoms with van der Waals surface area (Å²) in [6.45, 7) is 5.60. The Balaban J connectivity index is 1.82. The number of rotatable bonds is 2. The normalized spacial score (nSPS) is 25.0. The third-order valence-electron chi connectivity index (χ3n) is 4.09. The highest BCUT2D eigenvalue weighted by Gasteiger charge is 2.24. The van der Waals surface area contributed by atoms with Crippen LogP contribution in [0, 0.1) is 5.92 Å². The summed E-state index contributed by atoms with van der Waals surface area (Å²) in [5, 5.41) is 5.98. The molecule has 1 aliphatic rings. The van der Waals surface area contributed by atoms with Gasteiger partial charge in [0, 0.05) is 30.4 Å². The third kappa shape index (κ3) is 2.56. The first-order valence-corrected chi connectivity index (χ1v) is 7.84. The van der Waals surface area contributed by atoms with Gasteiger partial charge in [-0.05, 0) is 24.9 Å². The van der Waals surface area contributed by atoms with Gasteiger partial charge >= 0.3 is 0 Å². The van der Waals surface area contributed by atoms with Crippen LogP contribution in [-0.4, -0.2) is 32.6 Å². The molecule has 1 aromatic heterocycles. The molecule has 0 bridgehead atoms. The molecule has 1 saturated heterocycles. The average molecular weight is 322 g/mol. The summed E-state index contributed by atoms with van der Waals surface area (Å²) >= 11 is 3.76. The van der Waals surface area contributed by atoms with Crippen LogP contribution >= 0.6 is 15.9 Å². The van der Waals surface area contributed by atoms with Crippen molar-refractivity contribution in [2.24, 2.45) is 13.0 Å². The summed E-state index contributed by atoms with van der Waals surface area (Å²) in [6, 6.07) is 8.49. The van der Waals surface area contributed by atoms with Crippen LogP contribution in [0.1, 0.15) is 19.0 Å². The molecule has 1 aliphatic heterocycles. The fourth-order valence-electron chi connectivity index (χ4n) is 2.96. The molecular formula is C15H20BrN3. The first-order valence-electron chi connectivity index (χ1n) is 6.92. The van der Waals surface area contributed by atoms with Gasteiger partial charge in [0.15, 0.2) is 0 Å². The number of para-hydroxylation sites is 1. The summed E-state index contributed by atoms with van der Waals surface area (Å²) < 4.78 is 1.99. The quantitative estimate of drug-likeness (QED) is 0.792. The van der Waals surface area contributed by atoms with Gasteiger partial charge in [-0.25, -0.2) is 0 Å². The van der Waals surface area contributed by atoms with Gasteiger partial charge in [-0.15, -0.1) is 0 Å². The number of benzene rings is 1. The van der Waals surface area contributed by atoms with Crippen molar-refractivity contribution >= 4 is 26.8 Å². The highest BCUT2D eigenvalue weighted by Crippen LogP contribution is 2.26. The molecule has 102 valence electrons. The van der Waals surface area contributed by atoms with Crippen molar-refractivity contribution in [3.63, 3.8) is 0 Å². The summed E-state index contributed by atoms with van der Waals surface area (Å²) in [6.07, 6.45) is 1.23. The van der Waals surface area contributed by atoms with Gasteiger partial charge in [0.1, 0.15) is 0 Å². The first kappa shape index (κ1) is 13.1. The summed E-state index contributed by atoms with van der Waals surface area (Å²) in [4.78, 5) is 3.20. The lowest BCUT2D eigenvalue weighted by atomic mass is 10.00. The van der Waals surface area contributed by atoms with Crippen molar-refractivity contribution in [1.82, 2.24) is 14.7 Å². The first-order chi connectivity index (χ1) is 9.15. The molecular weight excluding hydrogens is 302 g/mol. The van der Waals surface area contributed by atoms with Gasteiger partial charge in [-0.3, -0.25) is 9.58 Å². The second-order valence-corrected chi connectivity index (χ2v) is 6.78. The van der Waals surface area contributed by atoms with E-state index in [2.05, 4.69) is 52.0 Å². The number of halogens is 1. The van der Waals surface area contributed by atoms with Crippen molar-refractivity contribution in [2.45, 2.75) is 24.7 Å². The van der Waals surface area contributed by atoms with Crippen LogP contribution in [0.25, 0.3) is 10.9 Å². The van der Waals surface area contributed by atoms with E-state index in [9.17, 15) is 0 Å². The Kier molecular flexibility index (Phi) is 3.63. The smallest absolute Gasteiger partial charge is 0.0843 e. The zero-order chi connectivity index (χ0) is 13.4. The zero-order valence-electron chi connectivity index (χ0n) is 11.5. The lowest BCUT2D eigenvalue weighted by Crippen LogP contribution is -2.39. The predicted molar refractivity (Wildman–Crippen MR) is 82.5 cm³/mol. The van der Waals surface area contributed by atoms with Crippen LogP contribution < -0.4 is 0 Å². The zero-order valence-corrected chi connectivity index (χ0v) is 13.1. The van der Waals surface area contributed by atoms with Gasteiger partial charge < -0.3 is 0 Å². The van der Waals surface area contributed by atoms with Crippen molar-refractivity contribution in [2.75, 3.05) is 13.1 Å². The molecule has 1 fully saturated rings. The number of aromatic nitrogens is 2. The number of hydrogen-bond donors (Lipinski definition) is 0. The van der Waals surface area contributed by atoms with Crippen molar-refractivity contribution in [3.05, 3.63) is 30.0 Å². The molecule has 2 unspecified atom stereocenters. The molecule has 0 spiro atoms. The van der Waals surface area contributed by atoms with Crippen LogP contribution in [0.4, 0.5) is 0 Å². The standard InChI is InChI=1S/C15H20BrN3/c1-11-9-19(8-7-13(11)16)10-14-12-5-3-4-6-15(12)18(2)17-14/h3-6,11,13H,7-10H2,1-2H3. The highest BCUT2D eigenvalue weighted by atomic mass is 79.9. The van der Waals surface area contributed by atoms with Crippen LogP contribution in [-0.2, 0) is 13.6 Å². The number of hydrogen-bond acceptors (Lipinski definition) is 2. The Morgan fingerprint density at radius 3 is 2.95 bits per heavy atom. The maximum atomic E-state index is 4.69. The summed E-state index contributed by atoms with van der Waals surface area (Å²) in [5.41, 5.74) is 2.43. The highest BCUT2D eigenvalue weighted by molar-refractivity contribution is 9.09. The molecule has 0 aliphatic carbocycles. The van der Waals surface area contributed by atoms with Gasteiger partial charge in [-0.2, -0.15) is 5.10 Å². The van der Waals surface area contributed by atoms with E-state index >= 15 is 0 Å². The summed E-state index contributed by atoms with van der Waals surface area (Å²) in [7, 11) is 2.03. The molecule has 2 aromatic rings. The van der Waals surface area contributed by atoms with E-state index < -0.39 is 0 Å². The van der Waals surface area contributed by atoms with E-state index in [4.69, 9.17) is 5.10 Å². The lowest BCUT2D eigenvalue weighted by Gasteiger charge is -2.33. The van der Waals surface area contributed by atoms with Crippen LogP contribution in [0.5, 0.6) is 0 Å². The Labute approximate surface area is 122 Å². The number of aryl methyl sites for hydroxylation is 1. The van der Waals surface area contributed by atoms with E-state index in [1.807, 2.05) is 11.7 Å². The summed E-state index contributed by atoms with van der Waals surface area (Å²) in [5.74, 6) is 0.712. The maximum absolute atomic E-state index is 4.69. The number of alkyl halides is 1. The van der Waals surface area contributed by atoms with Gasteiger partial charge in [-0.1, -0.05) is 41.1 Å². The monoisotopic (exact) mass is 321 g/mol. The molecule has 4 heteroatoms. The van der Waals surface area contributed by atoms with E-state index in [0.717, 1.165) is 19.6 Å². The Bertz CT molecular complexity index is 578. The van der Waals surface area contributed by atoms with E-state index in [1.165, 1.54) is 23.0 Å². The van der Waals surface area contributed by atoms with Crippen molar-refractivity contribution < 1.29 is 0 Å². The molecule has 3 rings (SSSR count). The number of likely N-dealkylation sites (tertiary alicyclic amines) is 1. The molecule has 0 saturated carbocycles. The maximum Gasteiger partial charge on any atom is 0.0843 e. The van der Waals surface area contributed by atoms with Gasteiger partial charge in [0.05, 0.1) is 11.2 Å². The minimum absolute atomic E-state index is 0.671.